The van der Waals surface area contributed by atoms with Crippen molar-refractivity contribution in [2.24, 2.45) is 5.41 Å². The van der Waals surface area contributed by atoms with E-state index in [1.807, 2.05) is 57.3 Å². The van der Waals surface area contributed by atoms with Crippen molar-refractivity contribution in [2.45, 2.75) is 26.4 Å². The van der Waals surface area contributed by atoms with Gasteiger partial charge in [-0.2, -0.15) is 0 Å². The lowest BCUT2D eigenvalue weighted by atomic mass is 9.79. The summed E-state index contributed by atoms with van der Waals surface area (Å²) >= 11 is 0. The highest BCUT2D eigenvalue weighted by Crippen LogP contribution is 2.34. The van der Waals surface area contributed by atoms with Gasteiger partial charge in [-0.1, -0.05) is 42.5 Å². The van der Waals surface area contributed by atoms with Crippen molar-refractivity contribution in [3.63, 3.8) is 0 Å². The molecule has 1 unspecified atom stereocenters. The van der Waals surface area contributed by atoms with E-state index in [-0.39, 0.29) is 17.7 Å². The van der Waals surface area contributed by atoms with Crippen LogP contribution in [0.3, 0.4) is 0 Å². The molecule has 0 fully saturated rings. The van der Waals surface area contributed by atoms with Crippen LogP contribution in [0.1, 0.15) is 31.0 Å². The number of aromatic hydroxyl groups is 1. The summed E-state index contributed by atoms with van der Waals surface area (Å²) in [5.41, 5.74) is 1.28. The molecule has 4 nitrogen and oxygen atoms in total. The van der Waals surface area contributed by atoms with Crippen LogP contribution in [0.25, 0.3) is 0 Å². The molecule has 122 valence electrons. The highest BCUT2D eigenvalue weighted by Gasteiger charge is 2.36. The average Bonchev–Trinajstić information content (AvgIpc) is 2.54. The minimum atomic E-state index is -0.669. The van der Waals surface area contributed by atoms with Crippen molar-refractivity contribution in [1.29, 1.82) is 0 Å². The molecule has 0 radical (unpaired) electrons. The van der Waals surface area contributed by atoms with Crippen LogP contribution in [-0.2, 0) is 11.3 Å². The molecule has 0 aliphatic carbocycles. The fraction of sp³-hybridized carbons (Fsp3) is 0.316. The summed E-state index contributed by atoms with van der Waals surface area (Å²) in [5.74, 6) is 0.160. The molecule has 0 bridgehead atoms. The van der Waals surface area contributed by atoms with E-state index in [1.54, 1.807) is 18.2 Å². The molecule has 23 heavy (non-hydrogen) atoms. The number of rotatable bonds is 6. The molecule has 4 heteroatoms. The summed E-state index contributed by atoms with van der Waals surface area (Å²) in [4.78, 5) is 12.7. The number of hydrogen-bond donors (Lipinski definition) is 3. The molecular weight excluding hydrogens is 288 g/mol. The Morgan fingerprint density at radius 1 is 1.13 bits per heavy atom. The molecule has 0 saturated carbocycles. The Morgan fingerprint density at radius 3 is 2.43 bits per heavy atom. The van der Waals surface area contributed by atoms with Crippen LogP contribution in [0, 0.1) is 5.41 Å². The van der Waals surface area contributed by atoms with Crippen LogP contribution in [0.5, 0.6) is 5.75 Å². The molecule has 1 amide bonds. The number of benzene rings is 2. The first-order valence-corrected chi connectivity index (χ1v) is 7.73. The van der Waals surface area contributed by atoms with Gasteiger partial charge in [-0.3, -0.25) is 4.79 Å². The van der Waals surface area contributed by atoms with Crippen molar-refractivity contribution < 1.29 is 9.90 Å². The lowest BCUT2D eigenvalue weighted by molar-refractivity contribution is -0.131. The number of amides is 1. The van der Waals surface area contributed by atoms with E-state index < -0.39 is 5.41 Å². The first-order chi connectivity index (χ1) is 10.9. The van der Waals surface area contributed by atoms with E-state index in [1.165, 1.54) is 0 Å². The number of phenols is 1. The minimum Gasteiger partial charge on any atom is -0.508 e. The first-order valence-electron chi connectivity index (χ1n) is 7.73. The zero-order valence-corrected chi connectivity index (χ0v) is 13.8. The summed E-state index contributed by atoms with van der Waals surface area (Å²) in [5, 5.41) is 15.9. The van der Waals surface area contributed by atoms with Crippen molar-refractivity contribution in [3.8, 4) is 5.75 Å². The SMILES string of the molecule is CNC(c1cccc(O)c1)C(C)(C)C(=O)NCc1ccccc1. The second kappa shape index (κ2) is 7.29. The number of hydrogen-bond acceptors (Lipinski definition) is 3. The maximum atomic E-state index is 12.7. The van der Waals surface area contributed by atoms with E-state index >= 15 is 0 Å². The molecule has 2 aromatic carbocycles. The van der Waals surface area contributed by atoms with Gasteiger partial charge in [-0.25, -0.2) is 0 Å². The van der Waals surface area contributed by atoms with Crippen LogP contribution in [0.15, 0.2) is 54.6 Å². The predicted molar refractivity (Wildman–Crippen MR) is 92.0 cm³/mol. The summed E-state index contributed by atoms with van der Waals surface area (Å²) in [6, 6.07) is 16.6. The lowest BCUT2D eigenvalue weighted by Crippen LogP contribution is -2.44. The standard InChI is InChI=1S/C19H24N2O2/c1-19(2,17(20-3)15-10-7-11-16(22)12-15)18(23)21-13-14-8-5-4-6-9-14/h4-12,17,20,22H,13H2,1-3H3,(H,21,23). The van der Waals surface area contributed by atoms with Crippen LogP contribution < -0.4 is 10.6 Å². The molecule has 2 aromatic rings. The van der Waals surface area contributed by atoms with Gasteiger partial charge < -0.3 is 15.7 Å². The van der Waals surface area contributed by atoms with Crippen LogP contribution in [0.4, 0.5) is 0 Å². The third-order valence-corrected chi connectivity index (χ3v) is 4.10. The molecule has 0 spiro atoms. The summed E-state index contributed by atoms with van der Waals surface area (Å²) in [6.07, 6.45) is 0. The molecule has 0 aromatic heterocycles. The Balaban J connectivity index is 2.12. The van der Waals surface area contributed by atoms with E-state index in [9.17, 15) is 9.90 Å². The number of carbonyl (C=O) groups excluding carboxylic acids is 1. The zero-order chi connectivity index (χ0) is 16.9. The molecule has 2 rings (SSSR count). The number of phenolic OH excluding ortho intramolecular Hbond substituents is 1. The maximum Gasteiger partial charge on any atom is 0.227 e. The highest BCUT2D eigenvalue weighted by molar-refractivity contribution is 5.83. The van der Waals surface area contributed by atoms with Gasteiger partial charge in [0.15, 0.2) is 0 Å². The van der Waals surface area contributed by atoms with Crippen molar-refractivity contribution in [3.05, 3.63) is 65.7 Å². The maximum absolute atomic E-state index is 12.7. The van der Waals surface area contributed by atoms with Crippen LogP contribution in [-0.4, -0.2) is 18.1 Å². The fourth-order valence-electron chi connectivity index (χ4n) is 2.79. The molecular formula is C19H24N2O2. The highest BCUT2D eigenvalue weighted by atomic mass is 16.3. The van der Waals surface area contributed by atoms with Gasteiger partial charge in [0.05, 0.1) is 5.41 Å². The van der Waals surface area contributed by atoms with Gasteiger partial charge in [-0.05, 0) is 44.2 Å². The molecule has 1 atom stereocenters. The Labute approximate surface area is 137 Å². The Morgan fingerprint density at radius 2 is 1.83 bits per heavy atom. The minimum absolute atomic E-state index is 0.0379. The normalized spacial score (nSPS) is 12.7. The van der Waals surface area contributed by atoms with E-state index in [2.05, 4.69) is 10.6 Å². The molecule has 0 heterocycles. The quantitative estimate of drug-likeness (QED) is 0.768. The third kappa shape index (κ3) is 4.11. The lowest BCUT2D eigenvalue weighted by Gasteiger charge is -2.33. The number of nitrogens with one attached hydrogen (secondary N) is 2. The van der Waals surface area contributed by atoms with Crippen molar-refractivity contribution >= 4 is 5.91 Å². The van der Waals surface area contributed by atoms with Gasteiger partial charge in [0.2, 0.25) is 5.91 Å². The van der Waals surface area contributed by atoms with E-state index in [4.69, 9.17) is 0 Å². The summed E-state index contributed by atoms with van der Waals surface area (Å²) in [6.45, 7) is 4.30. The van der Waals surface area contributed by atoms with Crippen LogP contribution >= 0.6 is 0 Å². The zero-order valence-electron chi connectivity index (χ0n) is 13.8. The smallest absolute Gasteiger partial charge is 0.227 e. The second-order valence-electron chi connectivity index (χ2n) is 6.21. The van der Waals surface area contributed by atoms with Crippen LogP contribution in [0.2, 0.25) is 0 Å². The predicted octanol–water partition coefficient (Wildman–Crippen LogP) is 3.00. The van der Waals surface area contributed by atoms with Crippen molar-refractivity contribution in [1.82, 2.24) is 10.6 Å². The Kier molecular flexibility index (Phi) is 5.40. The molecule has 0 saturated heterocycles. The topological polar surface area (TPSA) is 61.4 Å². The van der Waals surface area contributed by atoms with E-state index in [0.717, 1.165) is 11.1 Å². The van der Waals surface area contributed by atoms with Gasteiger partial charge >= 0.3 is 0 Å². The van der Waals surface area contributed by atoms with Gasteiger partial charge in [0, 0.05) is 12.6 Å². The molecule has 3 N–H and O–H groups in total. The van der Waals surface area contributed by atoms with Gasteiger partial charge in [0.1, 0.15) is 5.75 Å². The monoisotopic (exact) mass is 312 g/mol. The van der Waals surface area contributed by atoms with Gasteiger partial charge in [0.25, 0.3) is 0 Å². The third-order valence-electron chi connectivity index (χ3n) is 4.10. The van der Waals surface area contributed by atoms with Crippen molar-refractivity contribution in [2.75, 3.05) is 7.05 Å². The second-order valence-corrected chi connectivity index (χ2v) is 6.21. The molecule has 0 aliphatic rings. The molecule has 0 aliphatic heterocycles. The Hall–Kier alpha value is -2.33. The largest absolute Gasteiger partial charge is 0.508 e. The summed E-state index contributed by atoms with van der Waals surface area (Å²) in [7, 11) is 1.82. The first kappa shape index (κ1) is 17.0. The number of carbonyl (C=O) groups is 1. The van der Waals surface area contributed by atoms with Gasteiger partial charge in [-0.15, -0.1) is 0 Å². The Bertz CT molecular complexity index is 653. The average molecular weight is 312 g/mol. The summed E-state index contributed by atoms with van der Waals surface area (Å²) < 4.78 is 0. The fourth-order valence-corrected chi connectivity index (χ4v) is 2.79. The van der Waals surface area contributed by atoms with E-state index in [0.29, 0.717) is 6.54 Å².